The minimum Gasteiger partial charge on any atom is -0.449 e. The van der Waals surface area contributed by atoms with Crippen molar-refractivity contribution in [3.05, 3.63) is 59.7 Å². The molecule has 0 spiro atoms. The molecule has 2 aromatic rings. The van der Waals surface area contributed by atoms with Crippen LogP contribution in [0.5, 0.6) is 0 Å². The summed E-state index contributed by atoms with van der Waals surface area (Å²) in [5.74, 6) is 0.0257. The fourth-order valence-corrected chi connectivity index (χ4v) is 3.73. The van der Waals surface area contributed by atoms with Crippen LogP contribution in [-0.4, -0.2) is 42.2 Å². The maximum atomic E-state index is 12.1. The Morgan fingerprint density at radius 1 is 1.04 bits per heavy atom. The number of aliphatic hydroxyl groups excluding tert-OH is 2. The highest BCUT2D eigenvalue weighted by molar-refractivity contribution is 5.79. The van der Waals surface area contributed by atoms with Crippen molar-refractivity contribution in [1.82, 2.24) is 5.32 Å². The maximum Gasteiger partial charge on any atom is 0.407 e. The standard InChI is InChI=1S/C20H21NO4/c22-11-20(12-23)9-18(20)21-19(24)25-10-17-15-7-3-1-5-13(15)14-6-2-4-8-16(14)17/h1-8,17-18,22-23H,9-12H2,(H,21,24). The predicted molar refractivity (Wildman–Crippen MR) is 93.2 cm³/mol. The van der Waals surface area contributed by atoms with Crippen LogP contribution in [0.25, 0.3) is 11.1 Å². The lowest BCUT2D eigenvalue weighted by atomic mass is 9.98. The van der Waals surface area contributed by atoms with Crippen LogP contribution < -0.4 is 5.32 Å². The first-order valence-corrected chi connectivity index (χ1v) is 8.52. The number of aliphatic hydroxyl groups is 2. The fourth-order valence-electron chi connectivity index (χ4n) is 3.73. The Bertz CT molecular complexity index is 754. The molecule has 130 valence electrons. The van der Waals surface area contributed by atoms with Gasteiger partial charge in [-0.05, 0) is 28.7 Å². The summed E-state index contributed by atoms with van der Waals surface area (Å²) < 4.78 is 5.46. The topological polar surface area (TPSA) is 78.8 Å². The summed E-state index contributed by atoms with van der Waals surface area (Å²) in [5.41, 5.74) is 4.12. The molecule has 1 saturated carbocycles. The van der Waals surface area contributed by atoms with E-state index in [1.165, 1.54) is 22.3 Å². The van der Waals surface area contributed by atoms with E-state index in [1.54, 1.807) is 0 Å². The number of hydrogen-bond acceptors (Lipinski definition) is 4. The van der Waals surface area contributed by atoms with Gasteiger partial charge >= 0.3 is 6.09 Å². The third-order valence-corrected chi connectivity index (χ3v) is 5.46. The molecule has 4 rings (SSSR count). The van der Waals surface area contributed by atoms with E-state index in [-0.39, 0.29) is 31.8 Å². The Kier molecular flexibility index (Phi) is 3.98. The van der Waals surface area contributed by atoms with E-state index in [2.05, 4.69) is 29.6 Å². The first-order chi connectivity index (χ1) is 12.2. The van der Waals surface area contributed by atoms with Gasteiger partial charge in [0.1, 0.15) is 6.61 Å². The third kappa shape index (κ3) is 2.69. The molecule has 2 aliphatic rings. The predicted octanol–water partition coefficient (Wildman–Crippen LogP) is 2.27. The molecular formula is C20H21NO4. The van der Waals surface area contributed by atoms with E-state index in [4.69, 9.17) is 4.74 Å². The zero-order valence-electron chi connectivity index (χ0n) is 13.8. The smallest absolute Gasteiger partial charge is 0.407 e. The van der Waals surface area contributed by atoms with E-state index in [1.807, 2.05) is 24.3 Å². The van der Waals surface area contributed by atoms with Crippen LogP contribution in [0.1, 0.15) is 23.5 Å². The average molecular weight is 339 g/mol. The van der Waals surface area contributed by atoms with Crippen LogP contribution >= 0.6 is 0 Å². The van der Waals surface area contributed by atoms with Crippen molar-refractivity contribution >= 4 is 6.09 Å². The molecule has 0 radical (unpaired) electrons. The lowest BCUT2D eigenvalue weighted by molar-refractivity contribution is 0.117. The molecule has 5 nitrogen and oxygen atoms in total. The van der Waals surface area contributed by atoms with Crippen molar-refractivity contribution in [2.45, 2.75) is 18.4 Å². The normalized spacial score (nSPS) is 19.8. The van der Waals surface area contributed by atoms with Gasteiger partial charge in [-0.15, -0.1) is 0 Å². The van der Waals surface area contributed by atoms with Crippen molar-refractivity contribution in [2.75, 3.05) is 19.8 Å². The number of amides is 1. The zero-order chi connectivity index (χ0) is 17.4. The largest absolute Gasteiger partial charge is 0.449 e. The summed E-state index contributed by atoms with van der Waals surface area (Å²) in [7, 11) is 0. The number of alkyl carbamates (subject to hydrolysis) is 1. The second-order valence-corrected chi connectivity index (χ2v) is 6.91. The van der Waals surface area contributed by atoms with Gasteiger partial charge in [0.05, 0.1) is 13.2 Å². The fraction of sp³-hybridized carbons (Fsp3) is 0.350. The Labute approximate surface area is 146 Å². The Balaban J connectivity index is 1.44. The van der Waals surface area contributed by atoms with Gasteiger partial charge in [0.15, 0.2) is 0 Å². The monoisotopic (exact) mass is 339 g/mol. The molecule has 0 aliphatic heterocycles. The highest BCUT2D eigenvalue weighted by Crippen LogP contribution is 2.46. The molecule has 5 heteroatoms. The van der Waals surface area contributed by atoms with E-state index >= 15 is 0 Å². The second-order valence-electron chi connectivity index (χ2n) is 6.91. The van der Waals surface area contributed by atoms with Crippen molar-refractivity contribution in [1.29, 1.82) is 0 Å². The number of nitrogens with one attached hydrogen (secondary N) is 1. The lowest BCUT2D eigenvalue weighted by Crippen LogP contribution is -2.33. The van der Waals surface area contributed by atoms with Gasteiger partial charge in [-0.3, -0.25) is 0 Å². The van der Waals surface area contributed by atoms with Gasteiger partial charge in [-0.25, -0.2) is 4.79 Å². The summed E-state index contributed by atoms with van der Waals surface area (Å²) in [6.45, 7) is -0.0204. The van der Waals surface area contributed by atoms with Gasteiger partial charge in [0.2, 0.25) is 0 Å². The number of carbonyl (C=O) groups excluding carboxylic acids is 1. The lowest BCUT2D eigenvalue weighted by Gasteiger charge is -2.15. The summed E-state index contributed by atoms with van der Waals surface area (Å²) >= 11 is 0. The molecule has 2 aliphatic carbocycles. The van der Waals surface area contributed by atoms with Gasteiger partial charge in [-0.1, -0.05) is 48.5 Å². The van der Waals surface area contributed by atoms with Crippen LogP contribution in [-0.2, 0) is 4.74 Å². The van der Waals surface area contributed by atoms with Crippen LogP contribution in [0.4, 0.5) is 4.79 Å². The number of ether oxygens (including phenoxy) is 1. The van der Waals surface area contributed by atoms with Crippen molar-refractivity contribution in [3.63, 3.8) is 0 Å². The molecule has 0 bridgehead atoms. The van der Waals surface area contributed by atoms with Crippen LogP contribution in [0, 0.1) is 5.41 Å². The highest BCUT2D eigenvalue weighted by Gasteiger charge is 2.54. The van der Waals surface area contributed by atoms with Gasteiger partial charge in [-0.2, -0.15) is 0 Å². The SMILES string of the molecule is O=C(NC1CC1(CO)CO)OCC1c2ccccc2-c2ccccc21. The molecule has 1 amide bonds. The number of benzene rings is 2. The Hall–Kier alpha value is -2.37. The minimum atomic E-state index is -0.592. The molecule has 1 unspecified atom stereocenters. The summed E-state index contributed by atoms with van der Waals surface area (Å²) in [6.07, 6.45) is 0.0696. The molecule has 0 heterocycles. The quantitative estimate of drug-likeness (QED) is 0.781. The number of rotatable bonds is 5. The summed E-state index contributed by atoms with van der Waals surface area (Å²) in [5, 5.41) is 21.4. The number of carbonyl (C=O) groups is 1. The van der Waals surface area contributed by atoms with Gasteiger partial charge in [0, 0.05) is 17.4 Å². The molecule has 25 heavy (non-hydrogen) atoms. The van der Waals surface area contributed by atoms with Gasteiger partial charge < -0.3 is 20.3 Å². The second kappa shape index (κ2) is 6.17. The summed E-state index contributed by atoms with van der Waals surface area (Å²) in [6, 6.07) is 16.1. The van der Waals surface area contributed by atoms with Crippen LogP contribution in [0.15, 0.2) is 48.5 Å². The van der Waals surface area contributed by atoms with E-state index < -0.39 is 11.5 Å². The number of hydrogen-bond donors (Lipinski definition) is 3. The molecule has 0 saturated heterocycles. The third-order valence-electron chi connectivity index (χ3n) is 5.46. The van der Waals surface area contributed by atoms with E-state index in [9.17, 15) is 15.0 Å². The van der Waals surface area contributed by atoms with Gasteiger partial charge in [0.25, 0.3) is 0 Å². The molecule has 3 N–H and O–H groups in total. The van der Waals surface area contributed by atoms with Crippen LogP contribution in [0.3, 0.4) is 0 Å². The first-order valence-electron chi connectivity index (χ1n) is 8.52. The maximum absolute atomic E-state index is 12.1. The number of fused-ring (bicyclic) bond motifs is 3. The minimum absolute atomic E-state index is 0.0257. The van der Waals surface area contributed by atoms with Crippen molar-refractivity contribution < 1.29 is 19.7 Å². The molecule has 2 aromatic carbocycles. The molecule has 1 fully saturated rings. The molecule has 0 aromatic heterocycles. The van der Waals surface area contributed by atoms with E-state index in [0.717, 1.165) is 0 Å². The zero-order valence-corrected chi connectivity index (χ0v) is 13.8. The molecule has 1 atom stereocenters. The van der Waals surface area contributed by atoms with E-state index in [0.29, 0.717) is 6.42 Å². The highest BCUT2D eigenvalue weighted by atomic mass is 16.5. The van der Waals surface area contributed by atoms with Crippen LogP contribution in [0.2, 0.25) is 0 Å². The Morgan fingerprint density at radius 2 is 1.60 bits per heavy atom. The summed E-state index contributed by atoms with van der Waals surface area (Å²) in [4.78, 5) is 12.1. The Morgan fingerprint density at radius 3 is 2.12 bits per heavy atom. The average Bonchev–Trinajstić information content (AvgIpc) is 3.26. The van der Waals surface area contributed by atoms with Crippen molar-refractivity contribution in [3.8, 4) is 11.1 Å². The van der Waals surface area contributed by atoms with Crippen molar-refractivity contribution in [2.24, 2.45) is 5.41 Å². The molecular weight excluding hydrogens is 318 g/mol. The first kappa shape index (κ1) is 16.1.